The van der Waals surface area contributed by atoms with Crippen LogP contribution >= 0.6 is 0 Å². The van der Waals surface area contributed by atoms with Crippen molar-refractivity contribution in [2.75, 3.05) is 20.3 Å². The summed E-state index contributed by atoms with van der Waals surface area (Å²) in [5, 5.41) is 7.49. The molecule has 1 aliphatic rings. The summed E-state index contributed by atoms with van der Waals surface area (Å²) in [5.41, 5.74) is 1.28. The zero-order valence-corrected chi connectivity index (χ0v) is 10.6. The van der Waals surface area contributed by atoms with Gasteiger partial charge in [0.15, 0.2) is 6.29 Å². The van der Waals surface area contributed by atoms with E-state index in [2.05, 4.69) is 16.6 Å². The van der Waals surface area contributed by atoms with E-state index in [0.717, 1.165) is 32.5 Å². The first-order valence-electron chi connectivity index (χ1n) is 6.16. The molecular weight excluding hydrogens is 218 g/mol. The molecule has 96 valence electrons. The Morgan fingerprint density at radius 3 is 2.88 bits per heavy atom. The van der Waals surface area contributed by atoms with Gasteiger partial charge in [0.05, 0.1) is 19.4 Å². The fourth-order valence-corrected chi connectivity index (χ4v) is 2.10. The summed E-state index contributed by atoms with van der Waals surface area (Å²) in [6.07, 6.45) is 6.99. The van der Waals surface area contributed by atoms with E-state index in [1.165, 1.54) is 5.56 Å². The lowest BCUT2D eigenvalue weighted by molar-refractivity contribution is -0.0527. The maximum atomic E-state index is 5.46. The summed E-state index contributed by atoms with van der Waals surface area (Å²) < 4.78 is 12.8. The van der Waals surface area contributed by atoms with Gasteiger partial charge < -0.3 is 14.8 Å². The molecule has 5 nitrogen and oxygen atoms in total. The first-order valence-corrected chi connectivity index (χ1v) is 6.16. The molecular formula is C12H21N3O2. The van der Waals surface area contributed by atoms with Gasteiger partial charge in [0, 0.05) is 25.7 Å². The van der Waals surface area contributed by atoms with Gasteiger partial charge in [0.25, 0.3) is 0 Å². The normalized spacial score (nSPS) is 18.7. The highest BCUT2D eigenvalue weighted by Crippen LogP contribution is 2.14. The monoisotopic (exact) mass is 239 g/mol. The Labute approximate surface area is 102 Å². The molecule has 1 aliphatic heterocycles. The molecule has 2 heterocycles. The van der Waals surface area contributed by atoms with Crippen LogP contribution in [0.1, 0.15) is 18.4 Å². The van der Waals surface area contributed by atoms with E-state index in [1.54, 1.807) is 0 Å². The zero-order valence-electron chi connectivity index (χ0n) is 10.6. The summed E-state index contributed by atoms with van der Waals surface area (Å²) >= 11 is 0. The van der Waals surface area contributed by atoms with Crippen molar-refractivity contribution < 1.29 is 9.47 Å². The van der Waals surface area contributed by atoms with Crippen LogP contribution in [0.5, 0.6) is 0 Å². The molecule has 1 unspecified atom stereocenters. The molecule has 0 bridgehead atoms. The van der Waals surface area contributed by atoms with E-state index < -0.39 is 0 Å². The molecule has 1 fully saturated rings. The number of aryl methyl sites for hydroxylation is 2. The molecule has 0 aliphatic carbocycles. The third-order valence-corrected chi connectivity index (χ3v) is 3.12. The number of hydrogen-bond acceptors (Lipinski definition) is 4. The van der Waals surface area contributed by atoms with Gasteiger partial charge in [-0.05, 0) is 25.5 Å². The molecule has 0 amide bonds. The second-order valence-electron chi connectivity index (χ2n) is 4.45. The Hall–Kier alpha value is -0.910. The Balaban J connectivity index is 1.74. The minimum absolute atomic E-state index is 0.0265. The van der Waals surface area contributed by atoms with Crippen molar-refractivity contribution in [2.45, 2.75) is 31.6 Å². The molecule has 0 spiro atoms. The lowest BCUT2D eigenvalue weighted by Gasteiger charge is -2.18. The van der Waals surface area contributed by atoms with Crippen molar-refractivity contribution in [1.82, 2.24) is 15.1 Å². The van der Waals surface area contributed by atoms with Crippen LogP contribution in [-0.4, -0.2) is 42.4 Å². The van der Waals surface area contributed by atoms with Gasteiger partial charge in [0.1, 0.15) is 0 Å². The molecule has 0 saturated carbocycles. The molecule has 1 saturated heterocycles. The van der Waals surface area contributed by atoms with Crippen LogP contribution in [0.15, 0.2) is 12.4 Å². The van der Waals surface area contributed by atoms with E-state index in [-0.39, 0.29) is 6.29 Å². The minimum Gasteiger partial charge on any atom is -0.350 e. The molecule has 1 aromatic rings. The molecule has 2 rings (SSSR count). The van der Waals surface area contributed by atoms with Crippen LogP contribution in [0, 0.1) is 0 Å². The SMILES string of the molecule is CNC(CCc1cnn(C)c1)CC1OCCO1. The molecule has 0 radical (unpaired) electrons. The lowest BCUT2D eigenvalue weighted by Crippen LogP contribution is -2.30. The van der Waals surface area contributed by atoms with Gasteiger partial charge in [-0.2, -0.15) is 5.10 Å². The van der Waals surface area contributed by atoms with Gasteiger partial charge in [0.2, 0.25) is 0 Å². The minimum atomic E-state index is -0.0265. The van der Waals surface area contributed by atoms with Crippen molar-refractivity contribution in [1.29, 1.82) is 0 Å². The quantitative estimate of drug-likeness (QED) is 0.794. The molecule has 17 heavy (non-hydrogen) atoms. The topological polar surface area (TPSA) is 48.3 Å². The van der Waals surface area contributed by atoms with Crippen molar-refractivity contribution in [2.24, 2.45) is 7.05 Å². The van der Waals surface area contributed by atoms with Crippen LogP contribution in [0.3, 0.4) is 0 Å². The summed E-state index contributed by atoms with van der Waals surface area (Å²) in [7, 11) is 3.93. The standard InChI is InChI=1S/C12H21N3O2/c1-13-11(7-12-16-5-6-17-12)4-3-10-8-14-15(2)9-10/h8-9,11-13H,3-7H2,1-2H3. The van der Waals surface area contributed by atoms with Crippen LogP contribution in [-0.2, 0) is 22.9 Å². The number of hydrogen-bond donors (Lipinski definition) is 1. The number of nitrogens with one attached hydrogen (secondary N) is 1. The van der Waals surface area contributed by atoms with Gasteiger partial charge in [-0.1, -0.05) is 0 Å². The van der Waals surface area contributed by atoms with Gasteiger partial charge in [-0.15, -0.1) is 0 Å². The predicted molar refractivity (Wildman–Crippen MR) is 64.7 cm³/mol. The van der Waals surface area contributed by atoms with Crippen molar-refractivity contribution in [3.05, 3.63) is 18.0 Å². The lowest BCUT2D eigenvalue weighted by atomic mass is 10.1. The van der Waals surface area contributed by atoms with Gasteiger partial charge in [-0.3, -0.25) is 4.68 Å². The first kappa shape index (κ1) is 12.5. The Kier molecular flexibility index (Phi) is 4.53. The van der Waals surface area contributed by atoms with E-state index in [9.17, 15) is 0 Å². The summed E-state index contributed by atoms with van der Waals surface area (Å²) in [5.74, 6) is 0. The van der Waals surface area contributed by atoms with Crippen molar-refractivity contribution >= 4 is 0 Å². The number of aromatic nitrogens is 2. The zero-order chi connectivity index (χ0) is 12.1. The second kappa shape index (κ2) is 6.14. The second-order valence-corrected chi connectivity index (χ2v) is 4.45. The van der Waals surface area contributed by atoms with Crippen LogP contribution in [0.2, 0.25) is 0 Å². The molecule has 1 atom stereocenters. The summed E-state index contributed by atoms with van der Waals surface area (Å²) in [6, 6.07) is 0.429. The van der Waals surface area contributed by atoms with Crippen molar-refractivity contribution in [3.63, 3.8) is 0 Å². The van der Waals surface area contributed by atoms with Crippen LogP contribution in [0.25, 0.3) is 0 Å². The molecule has 0 aromatic carbocycles. The maximum absolute atomic E-state index is 5.46. The third kappa shape index (κ3) is 3.80. The average molecular weight is 239 g/mol. The van der Waals surface area contributed by atoms with Crippen molar-refractivity contribution in [3.8, 4) is 0 Å². The number of nitrogens with zero attached hydrogens (tertiary/aromatic N) is 2. The highest BCUT2D eigenvalue weighted by molar-refractivity contribution is 5.03. The Morgan fingerprint density at radius 2 is 2.29 bits per heavy atom. The Bertz CT molecular complexity index is 334. The fraction of sp³-hybridized carbons (Fsp3) is 0.750. The smallest absolute Gasteiger partial charge is 0.159 e. The molecule has 1 aromatic heterocycles. The highest BCUT2D eigenvalue weighted by atomic mass is 16.7. The van der Waals surface area contributed by atoms with Gasteiger partial charge >= 0.3 is 0 Å². The van der Waals surface area contributed by atoms with E-state index >= 15 is 0 Å². The van der Waals surface area contributed by atoms with E-state index in [1.807, 2.05) is 25.0 Å². The van der Waals surface area contributed by atoms with E-state index in [4.69, 9.17) is 9.47 Å². The number of rotatable bonds is 6. The third-order valence-electron chi connectivity index (χ3n) is 3.12. The van der Waals surface area contributed by atoms with Crippen LogP contribution < -0.4 is 5.32 Å². The molecule has 1 N–H and O–H groups in total. The summed E-state index contributed by atoms with van der Waals surface area (Å²) in [4.78, 5) is 0. The van der Waals surface area contributed by atoms with E-state index in [0.29, 0.717) is 6.04 Å². The van der Waals surface area contributed by atoms with Crippen LogP contribution in [0.4, 0.5) is 0 Å². The number of ether oxygens (including phenoxy) is 2. The summed E-state index contributed by atoms with van der Waals surface area (Å²) in [6.45, 7) is 1.45. The Morgan fingerprint density at radius 1 is 1.53 bits per heavy atom. The first-order chi connectivity index (χ1) is 8.28. The average Bonchev–Trinajstić information content (AvgIpc) is 2.96. The van der Waals surface area contributed by atoms with Gasteiger partial charge in [-0.25, -0.2) is 0 Å². The maximum Gasteiger partial charge on any atom is 0.159 e. The fourth-order valence-electron chi connectivity index (χ4n) is 2.10. The highest BCUT2D eigenvalue weighted by Gasteiger charge is 2.20. The molecule has 5 heteroatoms. The largest absolute Gasteiger partial charge is 0.350 e. The predicted octanol–water partition coefficient (Wildman–Crippen LogP) is 0.704.